The predicted octanol–water partition coefficient (Wildman–Crippen LogP) is 1.77. The van der Waals surface area contributed by atoms with Crippen LogP contribution in [0.3, 0.4) is 0 Å². The molecule has 20 heavy (non-hydrogen) atoms. The fourth-order valence-corrected chi connectivity index (χ4v) is 2.40. The lowest BCUT2D eigenvalue weighted by molar-refractivity contribution is 0.0759. The van der Waals surface area contributed by atoms with Crippen molar-refractivity contribution in [3.63, 3.8) is 0 Å². The summed E-state index contributed by atoms with van der Waals surface area (Å²) in [5.74, 6) is -0.244. The van der Waals surface area contributed by atoms with E-state index in [0.717, 1.165) is 5.56 Å². The van der Waals surface area contributed by atoms with E-state index in [0.29, 0.717) is 23.8 Å². The molecule has 0 bridgehead atoms. The second-order valence-electron chi connectivity index (χ2n) is 4.14. The second kappa shape index (κ2) is 6.80. The van der Waals surface area contributed by atoms with Gasteiger partial charge in [-0.25, -0.2) is 4.98 Å². The third-order valence-electron chi connectivity index (χ3n) is 2.71. The van der Waals surface area contributed by atoms with Crippen LogP contribution < -0.4 is 5.73 Å². The first-order chi connectivity index (χ1) is 9.74. The maximum atomic E-state index is 12.3. The van der Waals surface area contributed by atoms with Crippen LogP contribution in [-0.2, 0) is 13.1 Å². The highest BCUT2D eigenvalue weighted by Crippen LogP contribution is 2.13. The molecule has 1 aromatic carbocycles. The Morgan fingerprint density at radius 1 is 1.40 bits per heavy atom. The Bertz CT molecular complexity index is 618. The van der Waals surface area contributed by atoms with Crippen LogP contribution in [0.5, 0.6) is 0 Å². The smallest absolute Gasteiger partial charge is 0.274 e. The number of carbonyl (C=O) groups excluding carboxylic acids is 1. The fraction of sp³-hybridized carbons (Fsp3) is 0.214. The zero-order valence-electron chi connectivity index (χ0n) is 10.8. The molecule has 0 atom stereocenters. The zero-order valence-corrected chi connectivity index (χ0v) is 11.6. The van der Waals surface area contributed by atoms with Gasteiger partial charge in [-0.15, -0.1) is 11.3 Å². The maximum absolute atomic E-state index is 12.3. The molecule has 1 aromatic heterocycles. The number of nitrogens with two attached hydrogens (primary N) is 1. The van der Waals surface area contributed by atoms with Crippen molar-refractivity contribution in [2.45, 2.75) is 13.1 Å². The van der Waals surface area contributed by atoms with E-state index in [-0.39, 0.29) is 12.5 Å². The van der Waals surface area contributed by atoms with Crippen molar-refractivity contribution >= 4 is 17.2 Å². The number of hydrogen-bond acceptors (Lipinski definition) is 5. The number of aromatic nitrogens is 1. The largest absolute Gasteiger partial charge is 0.325 e. The first-order valence-electron chi connectivity index (χ1n) is 6.09. The number of nitrogens with zero attached hydrogens (tertiary/aromatic N) is 3. The maximum Gasteiger partial charge on any atom is 0.274 e. The number of carbonyl (C=O) groups is 1. The van der Waals surface area contributed by atoms with Crippen molar-refractivity contribution in [2.75, 3.05) is 6.54 Å². The third-order valence-corrected chi connectivity index (χ3v) is 3.58. The van der Waals surface area contributed by atoms with Crippen molar-refractivity contribution in [1.82, 2.24) is 9.88 Å². The summed E-state index contributed by atoms with van der Waals surface area (Å²) in [4.78, 5) is 18.0. The Morgan fingerprint density at radius 3 is 2.75 bits per heavy atom. The Balaban J connectivity index is 2.15. The van der Waals surface area contributed by atoms with Crippen LogP contribution >= 0.6 is 11.3 Å². The summed E-state index contributed by atoms with van der Waals surface area (Å²) < 4.78 is 0. The SMILES string of the molecule is N#CCN(Cc1ccccc1)C(=O)c1csc(CN)n1. The molecule has 5 nitrogen and oxygen atoms in total. The predicted molar refractivity (Wildman–Crippen MR) is 76.8 cm³/mol. The van der Waals surface area contributed by atoms with Crippen molar-refractivity contribution < 1.29 is 4.79 Å². The topological polar surface area (TPSA) is 83.0 Å². The Morgan fingerprint density at radius 2 is 2.15 bits per heavy atom. The van der Waals surface area contributed by atoms with Gasteiger partial charge in [0.1, 0.15) is 17.2 Å². The second-order valence-corrected chi connectivity index (χ2v) is 5.08. The van der Waals surface area contributed by atoms with E-state index in [1.54, 1.807) is 5.38 Å². The van der Waals surface area contributed by atoms with Crippen molar-refractivity contribution in [3.8, 4) is 6.07 Å². The van der Waals surface area contributed by atoms with Gasteiger partial charge in [-0.1, -0.05) is 30.3 Å². The monoisotopic (exact) mass is 286 g/mol. The molecule has 0 aliphatic carbocycles. The molecule has 102 valence electrons. The molecule has 0 radical (unpaired) electrons. The van der Waals surface area contributed by atoms with Gasteiger partial charge in [-0.2, -0.15) is 5.26 Å². The van der Waals surface area contributed by atoms with Gasteiger partial charge in [-0.3, -0.25) is 4.79 Å². The van der Waals surface area contributed by atoms with Crippen molar-refractivity contribution in [3.05, 3.63) is 52.0 Å². The normalized spacial score (nSPS) is 10.0. The van der Waals surface area contributed by atoms with Crippen LogP contribution in [-0.4, -0.2) is 22.3 Å². The molecule has 0 saturated heterocycles. The number of nitriles is 1. The van der Waals surface area contributed by atoms with Gasteiger partial charge >= 0.3 is 0 Å². The Hall–Kier alpha value is -2.23. The van der Waals surface area contributed by atoms with Crippen molar-refractivity contribution in [1.29, 1.82) is 5.26 Å². The minimum Gasteiger partial charge on any atom is -0.325 e. The van der Waals surface area contributed by atoms with Gasteiger partial charge in [0, 0.05) is 18.5 Å². The van der Waals surface area contributed by atoms with Crippen LogP contribution in [0.2, 0.25) is 0 Å². The molecular weight excluding hydrogens is 272 g/mol. The minimum absolute atomic E-state index is 0.0310. The van der Waals surface area contributed by atoms with Crippen molar-refractivity contribution in [2.24, 2.45) is 5.73 Å². The summed E-state index contributed by atoms with van der Waals surface area (Å²) in [6, 6.07) is 11.6. The highest BCUT2D eigenvalue weighted by atomic mass is 32.1. The fourth-order valence-electron chi connectivity index (χ4n) is 1.75. The van der Waals surface area contributed by atoms with Gasteiger partial charge in [0.25, 0.3) is 5.91 Å². The van der Waals surface area contributed by atoms with E-state index in [1.165, 1.54) is 16.2 Å². The standard InChI is InChI=1S/C14H14N4OS/c15-6-7-18(9-11-4-2-1-3-5-11)14(19)12-10-20-13(8-16)17-12/h1-5,10H,7-9,16H2. The molecule has 0 spiro atoms. The molecule has 1 heterocycles. The Labute approximate surface area is 121 Å². The molecule has 1 amide bonds. The van der Waals surface area contributed by atoms with Gasteiger partial charge in [0.2, 0.25) is 0 Å². The molecule has 0 aliphatic heterocycles. The third kappa shape index (κ3) is 3.41. The van der Waals surface area contributed by atoms with E-state index in [9.17, 15) is 4.79 Å². The van der Waals surface area contributed by atoms with Gasteiger partial charge in [0.05, 0.1) is 6.07 Å². The minimum atomic E-state index is -0.244. The van der Waals surface area contributed by atoms with Crippen LogP contribution in [0.15, 0.2) is 35.7 Å². The highest BCUT2D eigenvalue weighted by Gasteiger charge is 2.18. The number of hydrogen-bond donors (Lipinski definition) is 1. The lowest BCUT2D eigenvalue weighted by Gasteiger charge is -2.18. The lowest BCUT2D eigenvalue weighted by atomic mass is 10.2. The molecule has 0 saturated carbocycles. The van der Waals surface area contributed by atoms with E-state index in [2.05, 4.69) is 4.98 Å². The van der Waals surface area contributed by atoms with Crippen LogP contribution in [0.4, 0.5) is 0 Å². The first kappa shape index (κ1) is 14.2. The zero-order chi connectivity index (χ0) is 14.4. The summed E-state index contributed by atoms with van der Waals surface area (Å²) in [7, 11) is 0. The molecule has 0 aliphatic rings. The van der Waals surface area contributed by atoms with Crippen LogP contribution in [0, 0.1) is 11.3 Å². The summed E-state index contributed by atoms with van der Waals surface area (Å²) in [5, 5.41) is 11.3. The average Bonchev–Trinajstić information content (AvgIpc) is 2.96. The van der Waals surface area contributed by atoms with E-state index in [1.807, 2.05) is 36.4 Å². The van der Waals surface area contributed by atoms with Crippen LogP contribution in [0.1, 0.15) is 21.1 Å². The number of rotatable bonds is 5. The van der Waals surface area contributed by atoms with E-state index >= 15 is 0 Å². The first-order valence-corrected chi connectivity index (χ1v) is 6.97. The highest BCUT2D eigenvalue weighted by molar-refractivity contribution is 7.09. The molecule has 0 unspecified atom stereocenters. The summed E-state index contributed by atoms with van der Waals surface area (Å²) in [6.45, 7) is 0.737. The van der Waals surface area contributed by atoms with Gasteiger partial charge in [-0.05, 0) is 5.56 Å². The molecule has 2 rings (SSSR count). The average molecular weight is 286 g/mol. The molecule has 2 aromatic rings. The van der Waals surface area contributed by atoms with E-state index in [4.69, 9.17) is 11.0 Å². The van der Waals surface area contributed by atoms with E-state index < -0.39 is 0 Å². The number of thiazole rings is 1. The number of benzene rings is 1. The number of amides is 1. The lowest BCUT2D eigenvalue weighted by Crippen LogP contribution is -2.31. The van der Waals surface area contributed by atoms with Gasteiger partial charge in [0.15, 0.2) is 0 Å². The molecule has 0 fully saturated rings. The Kier molecular flexibility index (Phi) is 4.82. The van der Waals surface area contributed by atoms with Crippen LogP contribution in [0.25, 0.3) is 0 Å². The summed E-state index contributed by atoms with van der Waals surface area (Å²) >= 11 is 1.35. The summed E-state index contributed by atoms with van der Waals surface area (Å²) in [5.41, 5.74) is 6.82. The van der Waals surface area contributed by atoms with Gasteiger partial charge < -0.3 is 10.6 Å². The molecule has 2 N–H and O–H groups in total. The summed E-state index contributed by atoms with van der Waals surface area (Å²) in [6.07, 6.45) is 0. The molecular formula is C14H14N4OS. The molecule has 6 heteroatoms. The quantitative estimate of drug-likeness (QED) is 0.849.